The highest BCUT2D eigenvalue weighted by atomic mass is 32.2. The van der Waals surface area contributed by atoms with Crippen LogP contribution in [0.5, 0.6) is 0 Å². The van der Waals surface area contributed by atoms with E-state index in [1.807, 2.05) is 31.2 Å². The van der Waals surface area contributed by atoms with Crippen LogP contribution in [0.25, 0.3) is 0 Å². The molecule has 1 aliphatic rings. The van der Waals surface area contributed by atoms with Crippen LogP contribution >= 0.6 is 11.8 Å². The molecule has 3 rings (SSSR count). The lowest BCUT2D eigenvalue weighted by molar-refractivity contribution is -0.125. The lowest BCUT2D eigenvalue weighted by atomic mass is 10.1. The Bertz CT molecular complexity index is 786. The number of nitrogens with one attached hydrogen (secondary N) is 1. The average molecular weight is 340 g/mol. The molecule has 1 heterocycles. The van der Waals surface area contributed by atoms with Crippen LogP contribution in [0, 0.1) is 6.92 Å². The third-order valence-electron chi connectivity index (χ3n) is 3.68. The first-order valence-electron chi connectivity index (χ1n) is 7.47. The number of thioether (sulfide) groups is 1. The van der Waals surface area contributed by atoms with Crippen molar-refractivity contribution in [1.29, 1.82) is 0 Å². The summed E-state index contributed by atoms with van der Waals surface area (Å²) < 4.78 is 0. The zero-order valence-corrected chi connectivity index (χ0v) is 13.9. The summed E-state index contributed by atoms with van der Waals surface area (Å²) in [5.41, 5.74) is 3.07. The van der Waals surface area contributed by atoms with Gasteiger partial charge in [-0.3, -0.25) is 19.3 Å². The number of rotatable bonds is 4. The summed E-state index contributed by atoms with van der Waals surface area (Å²) in [5.74, 6) is -0.236. The van der Waals surface area contributed by atoms with E-state index in [0.29, 0.717) is 5.56 Å². The molecule has 1 aliphatic heterocycles. The van der Waals surface area contributed by atoms with Crippen LogP contribution in [0.1, 0.15) is 21.5 Å². The molecule has 2 aromatic carbocycles. The van der Waals surface area contributed by atoms with Crippen molar-refractivity contribution in [1.82, 2.24) is 4.90 Å². The maximum absolute atomic E-state index is 12.4. The van der Waals surface area contributed by atoms with Crippen LogP contribution in [0.3, 0.4) is 0 Å². The van der Waals surface area contributed by atoms with Gasteiger partial charge in [-0.25, -0.2) is 0 Å². The number of carbonyl (C=O) groups is 3. The van der Waals surface area contributed by atoms with Gasteiger partial charge in [-0.05, 0) is 36.8 Å². The zero-order valence-electron chi connectivity index (χ0n) is 13.1. The van der Waals surface area contributed by atoms with E-state index in [4.69, 9.17) is 0 Å². The fourth-order valence-electron chi connectivity index (χ4n) is 2.37. The Morgan fingerprint density at radius 1 is 1.17 bits per heavy atom. The lowest BCUT2D eigenvalue weighted by Crippen LogP contribution is -2.28. The van der Waals surface area contributed by atoms with Crippen LogP contribution in [0.4, 0.5) is 10.5 Å². The van der Waals surface area contributed by atoms with Crippen molar-refractivity contribution >= 4 is 34.5 Å². The molecule has 2 aromatic rings. The molecule has 0 unspecified atom stereocenters. The number of benzene rings is 2. The van der Waals surface area contributed by atoms with E-state index >= 15 is 0 Å². The second-order valence-corrected chi connectivity index (χ2v) is 6.48. The summed E-state index contributed by atoms with van der Waals surface area (Å²) >= 11 is 1.00. The van der Waals surface area contributed by atoms with Gasteiger partial charge in [0.15, 0.2) is 0 Å². The Labute approximate surface area is 144 Å². The highest BCUT2D eigenvalue weighted by Gasteiger charge is 2.29. The van der Waals surface area contributed by atoms with Gasteiger partial charge in [0, 0.05) is 11.3 Å². The van der Waals surface area contributed by atoms with Crippen molar-refractivity contribution in [3.8, 4) is 0 Å². The molecule has 0 spiro atoms. The molecular formula is C18H16N2O3S. The Morgan fingerprint density at radius 3 is 2.58 bits per heavy atom. The smallest absolute Gasteiger partial charge is 0.289 e. The second kappa shape index (κ2) is 6.88. The Balaban J connectivity index is 1.72. The molecule has 1 N–H and O–H groups in total. The number of nitrogens with zero attached hydrogens (tertiary/aromatic N) is 1. The molecule has 6 heteroatoms. The summed E-state index contributed by atoms with van der Waals surface area (Å²) in [6.45, 7) is 2.17. The molecule has 0 radical (unpaired) electrons. The summed E-state index contributed by atoms with van der Waals surface area (Å²) in [6, 6.07) is 14.5. The number of hydrogen-bond acceptors (Lipinski definition) is 4. The van der Waals surface area contributed by atoms with Crippen molar-refractivity contribution in [2.45, 2.75) is 13.5 Å². The fraction of sp³-hybridized carbons (Fsp3) is 0.167. The Hall–Kier alpha value is -2.60. The summed E-state index contributed by atoms with van der Waals surface area (Å²) in [7, 11) is 0. The Kier molecular flexibility index (Phi) is 4.66. The number of anilines is 1. The van der Waals surface area contributed by atoms with E-state index in [9.17, 15) is 14.4 Å². The number of amides is 3. The lowest BCUT2D eigenvalue weighted by Gasteiger charge is -2.13. The van der Waals surface area contributed by atoms with Gasteiger partial charge in [0.25, 0.3) is 11.1 Å². The van der Waals surface area contributed by atoms with Gasteiger partial charge in [-0.1, -0.05) is 41.6 Å². The maximum atomic E-state index is 12.4. The summed E-state index contributed by atoms with van der Waals surface area (Å²) in [4.78, 5) is 36.9. The van der Waals surface area contributed by atoms with Gasteiger partial charge in [0.05, 0.1) is 12.3 Å². The first-order chi connectivity index (χ1) is 11.5. The highest BCUT2D eigenvalue weighted by molar-refractivity contribution is 8.14. The van der Waals surface area contributed by atoms with E-state index in [1.165, 1.54) is 4.90 Å². The number of hydrogen-bond donors (Lipinski definition) is 1. The van der Waals surface area contributed by atoms with Gasteiger partial charge in [0.1, 0.15) is 0 Å². The van der Waals surface area contributed by atoms with Crippen LogP contribution in [0.15, 0.2) is 48.5 Å². The first-order valence-corrected chi connectivity index (χ1v) is 8.45. The summed E-state index contributed by atoms with van der Waals surface area (Å²) in [5, 5.41) is 2.59. The SMILES string of the molecule is Cc1ccc(NC(=O)c2cccc(CN3C(=O)CSC3=O)c2)cc1. The normalized spacial score (nSPS) is 14.1. The molecule has 5 nitrogen and oxygen atoms in total. The van der Waals surface area contributed by atoms with Gasteiger partial charge < -0.3 is 5.32 Å². The van der Waals surface area contributed by atoms with E-state index in [1.54, 1.807) is 24.3 Å². The number of carbonyl (C=O) groups excluding carboxylic acids is 3. The fourth-order valence-corrected chi connectivity index (χ4v) is 3.09. The van der Waals surface area contributed by atoms with Crippen LogP contribution in [-0.4, -0.2) is 27.7 Å². The third-order valence-corrected chi connectivity index (χ3v) is 4.54. The molecule has 0 saturated carbocycles. The molecule has 3 amide bonds. The Morgan fingerprint density at radius 2 is 1.92 bits per heavy atom. The molecule has 1 fully saturated rings. The van der Waals surface area contributed by atoms with E-state index in [0.717, 1.165) is 28.6 Å². The van der Waals surface area contributed by atoms with Crippen molar-refractivity contribution in [2.75, 3.05) is 11.1 Å². The first kappa shape index (κ1) is 16.3. The van der Waals surface area contributed by atoms with Crippen molar-refractivity contribution in [3.05, 3.63) is 65.2 Å². The molecule has 24 heavy (non-hydrogen) atoms. The molecule has 0 aliphatic carbocycles. The molecule has 0 atom stereocenters. The standard InChI is InChI=1S/C18H16N2O3S/c1-12-5-7-15(8-6-12)19-17(22)14-4-2-3-13(9-14)10-20-16(21)11-24-18(20)23/h2-9H,10-11H2,1H3,(H,19,22). The van der Waals surface area contributed by atoms with Gasteiger partial charge in [0.2, 0.25) is 5.91 Å². The zero-order chi connectivity index (χ0) is 17.1. The topological polar surface area (TPSA) is 66.5 Å². The van der Waals surface area contributed by atoms with E-state index in [2.05, 4.69) is 5.32 Å². The monoisotopic (exact) mass is 340 g/mol. The maximum Gasteiger partial charge on any atom is 0.289 e. The summed E-state index contributed by atoms with van der Waals surface area (Å²) in [6.07, 6.45) is 0. The largest absolute Gasteiger partial charge is 0.322 e. The van der Waals surface area contributed by atoms with E-state index < -0.39 is 0 Å². The predicted molar refractivity (Wildman–Crippen MR) is 94.0 cm³/mol. The second-order valence-electron chi connectivity index (χ2n) is 5.55. The highest BCUT2D eigenvalue weighted by Crippen LogP contribution is 2.21. The average Bonchev–Trinajstić information content (AvgIpc) is 2.89. The minimum Gasteiger partial charge on any atom is -0.322 e. The quantitative estimate of drug-likeness (QED) is 0.926. The van der Waals surface area contributed by atoms with Crippen molar-refractivity contribution < 1.29 is 14.4 Å². The molecule has 122 valence electrons. The number of aryl methyl sites for hydroxylation is 1. The van der Waals surface area contributed by atoms with Crippen molar-refractivity contribution in [2.24, 2.45) is 0 Å². The third kappa shape index (κ3) is 3.65. The predicted octanol–water partition coefficient (Wildman–Crippen LogP) is 3.44. The molecule has 0 aromatic heterocycles. The molecular weight excluding hydrogens is 324 g/mol. The van der Waals surface area contributed by atoms with Crippen LogP contribution in [-0.2, 0) is 11.3 Å². The van der Waals surface area contributed by atoms with Crippen molar-refractivity contribution in [3.63, 3.8) is 0 Å². The minimum atomic E-state index is -0.241. The van der Waals surface area contributed by atoms with Gasteiger partial charge in [-0.15, -0.1) is 0 Å². The van der Waals surface area contributed by atoms with Gasteiger partial charge >= 0.3 is 0 Å². The van der Waals surface area contributed by atoms with E-state index in [-0.39, 0.29) is 29.4 Å². The minimum absolute atomic E-state index is 0.187. The van der Waals surface area contributed by atoms with Crippen LogP contribution in [0.2, 0.25) is 0 Å². The van der Waals surface area contributed by atoms with Crippen LogP contribution < -0.4 is 5.32 Å². The van der Waals surface area contributed by atoms with Gasteiger partial charge in [-0.2, -0.15) is 0 Å². The molecule has 1 saturated heterocycles. The molecule has 0 bridgehead atoms. The number of imide groups is 1.